The van der Waals surface area contributed by atoms with Gasteiger partial charge in [-0.3, -0.25) is 0 Å². The first-order valence-electron chi connectivity index (χ1n) is 13.4. The molecule has 0 aromatic carbocycles. The molecule has 0 bridgehead atoms. The highest BCUT2D eigenvalue weighted by atomic mass is 16.3. The fourth-order valence-electron chi connectivity index (χ4n) is 9.74. The van der Waals surface area contributed by atoms with Gasteiger partial charge in [-0.05, 0) is 111 Å². The van der Waals surface area contributed by atoms with Crippen molar-refractivity contribution in [3.8, 4) is 0 Å². The first-order chi connectivity index (χ1) is 14.4. The van der Waals surface area contributed by atoms with Crippen molar-refractivity contribution in [2.45, 2.75) is 119 Å². The van der Waals surface area contributed by atoms with Gasteiger partial charge in [0.05, 0.1) is 6.10 Å². The molecule has 0 saturated heterocycles. The predicted molar refractivity (Wildman–Crippen MR) is 133 cm³/mol. The molecule has 8 unspecified atom stereocenters. The molecule has 0 amide bonds. The highest BCUT2D eigenvalue weighted by Crippen LogP contribution is 2.73. The van der Waals surface area contributed by atoms with Crippen LogP contribution in [0.1, 0.15) is 113 Å². The summed E-state index contributed by atoms with van der Waals surface area (Å²) in [5.41, 5.74) is 4.49. The molecule has 1 heteroatoms. The Bertz CT molecular complexity index is 754. The molecule has 0 aromatic heterocycles. The number of aliphatic hydroxyl groups excluding tert-OH is 1. The van der Waals surface area contributed by atoms with E-state index in [2.05, 4.69) is 67.5 Å². The maximum atomic E-state index is 11.5. The fraction of sp³-hybridized carbons (Fsp3) is 0.867. The fourth-order valence-corrected chi connectivity index (χ4v) is 9.74. The average molecular weight is 427 g/mol. The van der Waals surface area contributed by atoms with Crippen LogP contribution in [0.2, 0.25) is 0 Å². The number of hydrogen-bond donors (Lipinski definition) is 1. The minimum atomic E-state index is -0.148. The lowest BCUT2D eigenvalue weighted by Crippen LogP contribution is -2.55. The van der Waals surface area contributed by atoms with Crippen molar-refractivity contribution in [1.82, 2.24) is 0 Å². The molecule has 4 aliphatic rings. The van der Waals surface area contributed by atoms with Gasteiger partial charge in [0.1, 0.15) is 0 Å². The van der Waals surface area contributed by atoms with Crippen LogP contribution in [-0.2, 0) is 0 Å². The zero-order chi connectivity index (χ0) is 22.8. The maximum Gasteiger partial charge on any atom is 0.0585 e. The van der Waals surface area contributed by atoms with Crippen LogP contribution in [0.5, 0.6) is 0 Å². The van der Waals surface area contributed by atoms with Crippen molar-refractivity contribution in [3.63, 3.8) is 0 Å². The Hall–Kier alpha value is -0.560. The van der Waals surface area contributed by atoms with Crippen molar-refractivity contribution in [3.05, 3.63) is 23.3 Å². The van der Waals surface area contributed by atoms with E-state index in [-0.39, 0.29) is 16.9 Å². The van der Waals surface area contributed by atoms with Gasteiger partial charge in [0.15, 0.2) is 0 Å². The Kier molecular flexibility index (Phi) is 5.90. The largest absolute Gasteiger partial charge is 0.393 e. The highest BCUT2D eigenvalue weighted by molar-refractivity contribution is 5.34. The van der Waals surface area contributed by atoms with Crippen molar-refractivity contribution >= 4 is 0 Å². The van der Waals surface area contributed by atoms with Gasteiger partial charge in [0.25, 0.3) is 0 Å². The number of hydrogen-bond acceptors (Lipinski definition) is 1. The molecule has 0 spiro atoms. The zero-order valence-electron chi connectivity index (χ0n) is 21.9. The third-order valence-electron chi connectivity index (χ3n) is 11.4. The molecule has 176 valence electrons. The van der Waals surface area contributed by atoms with Crippen molar-refractivity contribution in [2.75, 3.05) is 0 Å². The first-order valence-corrected chi connectivity index (χ1v) is 13.4. The Morgan fingerprint density at radius 3 is 2.52 bits per heavy atom. The predicted octanol–water partition coefficient (Wildman–Crippen LogP) is 8.34. The summed E-state index contributed by atoms with van der Waals surface area (Å²) in [6, 6.07) is 0. The second-order valence-corrected chi connectivity index (χ2v) is 13.8. The molecule has 3 saturated carbocycles. The molecule has 8 atom stereocenters. The Balaban J connectivity index is 1.66. The number of allylic oxidation sites excluding steroid dienone is 4. The van der Waals surface area contributed by atoms with Gasteiger partial charge in [-0.25, -0.2) is 0 Å². The van der Waals surface area contributed by atoms with Crippen molar-refractivity contribution in [1.29, 1.82) is 0 Å². The van der Waals surface area contributed by atoms with E-state index in [1.807, 2.05) is 0 Å². The van der Waals surface area contributed by atoms with E-state index in [9.17, 15) is 5.11 Å². The third-order valence-corrected chi connectivity index (χ3v) is 11.4. The second kappa shape index (κ2) is 7.75. The molecule has 4 aliphatic carbocycles. The minimum absolute atomic E-state index is 0.148. The molecule has 0 radical (unpaired) electrons. The summed E-state index contributed by atoms with van der Waals surface area (Å²) in [5, 5.41) is 11.5. The van der Waals surface area contributed by atoms with Gasteiger partial charge in [0.2, 0.25) is 0 Å². The molecule has 0 aromatic rings. The summed E-state index contributed by atoms with van der Waals surface area (Å²) >= 11 is 0. The normalized spacial score (nSPS) is 46.9. The molecule has 1 N–H and O–H groups in total. The SMILES string of the molecule is CC(C)=CCCC(C)C1C(O)CC2(C)C3=CCC4C(C)(C)CCCC4(C)C3CCC12C. The van der Waals surface area contributed by atoms with Crippen LogP contribution < -0.4 is 0 Å². The molecular formula is C30H50O. The standard InChI is InChI=1S/C30H50O/c1-20(2)11-9-12-21(3)26-24(31)19-30(8)23-13-14-25-27(4,5)16-10-17-28(25,6)22(23)15-18-29(26,30)7/h11,13,21-22,24-26,31H,9-10,12,14-19H2,1-8H3. The van der Waals surface area contributed by atoms with E-state index in [0.717, 1.165) is 24.7 Å². The van der Waals surface area contributed by atoms with E-state index >= 15 is 0 Å². The van der Waals surface area contributed by atoms with E-state index in [1.54, 1.807) is 5.57 Å². The summed E-state index contributed by atoms with van der Waals surface area (Å²) in [6.07, 6.45) is 16.3. The van der Waals surface area contributed by atoms with E-state index in [1.165, 1.54) is 50.5 Å². The summed E-state index contributed by atoms with van der Waals surface area (Å²) < 4.78 is 0. The summed E-state index contributed by atoms with van der Waals surface area (Å²) in [5.74, 6) is 2.56. The van der Waals surface area contributed by atoms with E-state index < -0.39 is 0 Å². The van der Waals surface area contributed by atoms with Gasteiger partial charge < -0.3 is 5.11 Å². The monoisotopic (exact) mass is 426 g/mol. The van der Waals surface area contributed by atoms with Crippen molar-refractivity contribution in [2.24, 2.45) is 45.3 Å². The van der Waals surface area contributed by atoms with Gasteiger partial charge >= 0.3 is 0 Å². The average Bonchev–Trinajstić information content (AvgIpc) is 2.86. The first kappa shape index (κ1) is 23.6. The Morgan fingerprint density at radius 2 is 1.84 bits per heavy atom. The van der Waals surface area contributed by atoms with Crippen molar-refractivity contribution < 1.29 is 5.11 Å². The molecule has 4 rings (SSSR count). The number of fused-ring (bicyclic) bond motifs is 5. The molecule has 0 aliphatic heterocycles. The molecule has 31 heavy (non-hydrogen) atoms. The van der Waals surface area contributed by atoms with Crippen LogP contribution in [-0.4, -0.2) is 11.2 Å². The second-order valence-electron chi connectivity index (χ2n) is 13.8. The van der Waals surface area contributed by atoms with Gasteiger partial charge in [0, 0.05) is 0 Å². The smallest absolute Gasteiger partial charge is 0.0585 e. The van der Waals surface area contributed by atoms with Crippen LogP contribution in [0.15, 0.2) is 23.3 Å². The van der Waals surface area contributed by atoms with Crippen LogP contribution in [0.4, 0.5) is 0 Å². The number of aliphatic hydroxyl groups is 1. The topological polar surface area (TPSA) is 20.2 Å². The molecule has 1 nitrogen and oxygen atoms in total. The molecule has 3 fully saturated rings. The number of rotatable bonds is 4. The van der Waals surface area contributed by atoms with Gasteiger partial charge in [-0.1, -0.05) is 71.3 Å². The lowest BCUT2D eigenvalue weighted by molar-refractivity contribution is -0.0816. The molecular weight excluding hydrogens is 376 g/mol. The third kappa shape index (κ3) is 3.43. The van der Waals surface area contributed by atoms with Crippen LogP contribution in [0.25, 0.3) is 0 Å². The summed E-state index contributed by atoms with van der Waals surface area (Å²) in [4.78, 5) is 0. The van der Waals surface area contributed by atoms with Crippen LogP contribution in [0, 0.1) is 45.3 Å². The summed E-state index contributed by atoms with van der Waals surface area (Å²) in [7, 11) is 0. The van der Waals surface area contributed by atoms with Crippen LogP contribution >= 0.6 is 0 Å². The van der Waals surface area contributed by atoms with Gasteiger partial charge in [-0.2, -0.15) is 0 Å². The lowest BCUT2D eigenvalue weighted by atomic mass is 9.41. The highest BCUT2D eigenvalue weighted by Gasteiger charge is 2.66. The Labute approximate surface area is 193 Å². The molecule has 0 heterocycles. The minimum Gasteiger partial charge on any atom is -0.393 e. The Morgan fingerprint density at radius 1 is 1.13 bits per heavy atom. The van der Waals surface area contributed by atoms with E-state index in [0.29, 0.717) is 22.7 Å². The summed E-state index contributed by atoms with van der Waals surface area (Å²) in [6.45, 7) is 19.6. The van der Waals surface area contributed by atoms with Crippen LogP contribution in [0.3, 0.4) is 0 Å². The quantitative estimate of drug-likeness (QED) is 0.448. The van der Waals surface area contributed by atoms with Gasteiger partial charge in [-0.15, -0.1) is 0 Å². The maximum absolute atomic E-state index is 11.5. The van der Waals surface area contributed by atoms with E-state index in [4.69, 9.17) is 0 Å². The zero-order valence-corrected chi connectivity index (χ0v) is 21.9. The lowest BCUT2D eigenvalue weighted by Gasteiger charge is -2.63.